The molecule has 0 aliphatic rings. The highest BCUT2D eigenvalue weighted by Gasteiger charge is 2.08. The lowest BCUT2D eigenvalue weighted by molar-refractivity contribution is 0.391. The minimum absolute atomic E-state index is 0.720. The van der Waals surface area contributed by atoms with Crippen LogP contribution >= 0.6 is 0 Å². The second kappa shape index (κ2) is 6.51. The van der Waals surface area contributed by atoms with E-state index < -0.39 is 0 Å². The number of rotatable bonds is 6. The summed E-state index contributed by atoms with van der Waals surface area (Å²) >= 11 is 0. The topological polar surface area (TPSA) is 73.6 Å². The van der Waals surface area contributed by atoms with E-state index in [9.17, 15) is 0 Å². The van der Waals surface area contributed by atoms with Gasteiger partial charge in [-0.25, -0.2) is 0 Å². The standard InChI is InChI=1S/C16H19N5O2/c1-11-8-14(16-19-18-10-21(16)20-11)17-7-6-12-4-5-13(22-2)9-15(12)23-3/h4-5,8-10,17H,6-7H2,1-3H3. The summed E-state index contributed by atoms with van der Waals surface area (Å²) in [6.07, 6.45) is 2.41. The van der Waals surface area contributed by atoms with E-state index in [-0.39, 0.29) is 0 Å². The zero-order chi connectivity index (χ0) is 16.2. The summed E-state index contributed by atoms with van der Waals surface area (Å²) in [7, 11) is 3.31. The van der Waals surface area contributed by atoms with Crippen molar-refractivity contribution in [2.24, 2.45) is 0 Å². The van der Waals surface area contributed by atoms with Gasteiger partial charge >= 0.3 is 0 Å². The summed E-state index contributed by atoms with van der Waals surface area (Å²) in [5.74, 6) is 1.61. The van der Waals surface area contributed by atoms with Crippen LogP contribution in [0.4, 0.5) is 5.69 Å². The number of benzene rings is 1. The largest absolute Gasteiger partial charge is 0.497 e. The number of hydrogen-bond acceptors (Lipinski definition) is 6. The zero-order valence-corrected chi connectivity index (χ0v) is 13.4. The number of aryl methyl sites for hydroxylation is 1. The van der Waals surface area contributed by atoms with Gasteiger partial charge in [-0.2, -0.15) is 9.61 Å². The van der Waals surface area contributed by atoms with Crippen LogP contribution in [-0.4, -0.2) is 40.6 Å². The first-order valence-corrected chi connectivity index (χ1v) is 7.33. The summed E-state index contributed by atoms with van der Waals surface area (Å²) in [5, 5.41) is 15.7. The van der Waals surface area contributed by atoms with Gasteiger partial charge in [0.15, 0.2) is 0 Å². The third kappa shape index (κ3) is 3.18. The van der Waals surface area contributed by atoms with Gasteiger partial charge in [0.2, 0.25) is 5.65 Å². The number of nitrogens with one attached hydrogen (secondary N) is 1. The van der Waals surface area contributed by atoms with Crippen LogP contribution < -0.4 is 14.8 Å². The molecule has 0 fully saturated rings. The Morgan fingerprint density at radius 2 is 2.04 bits per heavy atom. The molecule has 0 radical (unpaired) electrons. The molecule has 3 rings (SSSR count). The summed E-state index contributed by atoms with van der Waals surface area (Å²) in [5.41, 5.74) is 3.66. The van der Waals surface area contributed by atoms with E-state index in [1.165, 1.54) is 0 Å². The number of aromatic nitrogens is 4. The molecule has 0 unspecified atom stereocenters. The highest BCUT2D eigenvalue weighted by Crippen LogP contribution is 2.25. The van der Waals surface area contributed by atoms with Crippen molar-refractivity contribution in [2.45, 2.75) is 13.3 Å². The minimum atomic E-state index is 0.720. The van der Waals surface area contributed by atoms with Gasteiger partial charge in [0.25, 0.3) is 0 Å². The summed E-state index contributed by atoms with van der Waals surface area (Å²) in [4.78, 5) is 0. The van der Waals surface area contributed by atoms with Gasteiger partial charge in [0.1, 0.15) is 17.8 Å². The van der Waals surface area contributed by atoms with E-state index in [4.69, 9.17) is 9.47 Å². The second-order valence-electron chi connectivity index (χ2n) is 5.15. The second-order valence-corrected chi connectivity index (χ2v) is 5.15. The van der Waals surface area contributed by atoms with Crippen molar-refractivity contribution < 1.29 is 9.47 Å². The van der Waals surface area contributed by atoms with E-state index in [1.54, 1.807) is 25.1 Å². The van der Waals surface area contributed by atoms with Crippen molar-refractivity contribution in [3.63, 3.8) is 0 Å². The smallest absolute Gasteiger partial charge is 0.200 e. The van der Waals surface area contributed by atoms with Gasteiger partial charge in [0.05, 0.1) is 25.6 Å². The van der Waals surface area contributed by atoms with Crippen LogP contribution in [0.1, 0.15) is 11.3 Å². The summed E-state index contributed by atoms with van der Waals surface area (Å²) < 4.78 is 12.3. The predicted octanol–water partition coefficient (Wildman–Crippen LogP) is 2.10. The molecule has 3 aromatic rings. The number of hydrogen-bond donors (Lipinski definition) is 1. The monoisotopic (exact) mass is 313 g/mol. The van der Waals surface area contributed by atoms with Crippen molar-refractivity contribution in [1.29, 1.82) is 0 Å². The van der Waals surface area contributed by atoms with Crippen molar-refractivity contribution in [3.8, 4) is 11.5 Å². The first-order chi connectivity index (χ1) is 11.2. The third-order valence-electron chi connectivity index (χ3n) is 3.59. The maximum absolute atomic E-state index is 5.42. The zero-order valence-electron chi connectivity index (χ0n) is 13.4. The van der Waals surface area contributed by atoms with Crippen molar-refractivity contribution in [2.75, 3.05) is 26.1 Å². The highest BCUT2D eigenvalue weighted by molar-refractivity contribution is 5.66. The molecule has 2 heterocycles. The minimum Gasteiger partial charge on any atom is -0.497 e. The predicted molar refractivity (Wildman–Crippen MR) is 87.3 cm³/mol. The van der Waals surface area contributed by atoms with Crippen LogP contribution in [0.2, 0.25) is 0 Å². The Kier molecular flexibility index (Phi) is 4.27. The average molecular weight is 313 g/mol. The molecule has 0 saturated carbocycles. The normalized spacial score (nSPS) is 10.7. The van der Waals surface area contributed by atoms with E-state index >= 15 is 0 Å². The van der Waals surface area contributed by atoms with Crippen molar-refractivity contribution in [1.82, 2.24) is 19.8 Å². The average Bonchev–Trinajstić information content (AvgIpc) is 3.03. The summed E-state index contributed by atoms with van der Waals surface area (Å²) in [6, 6.07) is 7.81. The number of methoxy groups -OCH3 is 2. The van der Waals surface area contributed by atoms with Crippen LogP contribution in [0, 0.1) is 6.92 Å². The third-order valence-corrected chi connectivity index (χ3v) is 3.59. The molecule has 7 nitrogen and oxygen atoms in total. The lowest BCUT2D eigenvalue weighted by atomic mass is 10.1. The SMILES string of the molecule is COc1ccc(CCNc2cc(C)nn3cnnc23)c(OC)c1. The first-order valence-electron chi connectivity index (χ1n) is 7.33. The van der Waals surface area contributed by atoms with Crippen LogP contribution in [0.5, 0.6) is 11.5 Å². The van der Waals surface area contributed by atoms with Crippen LogP contribution in [0.15, 0.2) is 30.6 Å². The van der Waals surface area contributed by atoms with E-state index in [1.807, 2.05) is 31.2 Å². The molecule has 7 heteroatoms. The fourth-order valence-corrected chi connectivity index (χ4v) is 2.47. The van der Waals surface area contributed by atoms with E-state index in [0.717, 1.165) is 47.1 Å². The van der Waals surface area contributed by atoms with Crippen LogP contribution in [0.3, 0.4) is 0 Å². The Bertz CT molecular complexity index is 815. The molecular weight excluding hydrogens is 294 g/mol. The fraction of sp³-hybridized carbons (Fsp3) is 0.312. The van der Waals surface area contributed by atoms with Crippen molar-refractivity contribution in [3.05, 3.63) is 41.9 Å². The molecule has 0 bridgehead atoms. The Labute approximate surface area is 134 Å². The lowest BCUT2D eigenvalue weighted by Gasteiger charge is -2.12. The van der Waals surface area contributed by atoms with Crippen molar-refractivity contribution >= 4 is 11.3 Å². The number of anilines is 1. The van der Waals surface area contributed by atoms with Crippen LogP contribution in [0.25, 0.3) is 5.65 Å². The molecule has 0 spiro atoms. The molecule has 1 N–H and O–H groups in total. The molecule has 23 heavy (non-hydrogen) atoms. The number of fused-ring (bicyclic) bond motifs is 1. The first kappa shape index (κ1) is 15.1. The molecule has 0 aliphatic heterocycles. The van der Waals surface area contributed by atoms with Gasteiger partial charge < -0.3 is 14.8 Å². The molecule has 0 amide bonds. The van der Waals surface area contributed by atoms with E-state index in [0.29, 0.717) is 0 Å². The molecule has 120 valence electrons. The fourth-order valence-electron chi connectivity index (χ4n) is 2.47. The van der Waals surface area contributed by atoms with Gasteiger partial charge in [-0.15, -0.1) is 10.2 Å². The Morgan fingerprint density at radius 3 is 2.83 bits per heavy atom. The quantitative estimate of drug-likeness (QED) is 0.751. The maximum Gasteiger partial charge on any atom is 0.200 e. The highest BCUT2D eigenvalue weighted by atomic mass is 16.5. The number of nitrogens with zero attached hydrogens (tertiary/aromatic N) is 4. The molecule has 1 aromatic carbocycles. The lowest BCUT2D eigenvalue weighted by Crippen LogP contribution is -2.08. The Morgan fingerprint density at radius 1 is 1.17 bits per heavy atom. The van der Waals surface area contributed by atoms with Gasteiger partial charge in [-0.1, -0.05) is 6.07 Å². The maximum atomic E-state index is 5.42. The van der Waals surface area contributed by atoms with Gasteiger partial charge in [-0.3, -0.25) is 0 Å². The number of ether oxygens (including phenoxy) is 2. The Hall–Kier alpha value is -2.83. The van der Waals surface area contributed by atoms with Gasteiger partial charge in [-0.05, 0) is 31.0 Å². The van der Waals surface area contributed by atoms with Crippen LogP contribution in [-0.2, 0) is 6.42 Å². The Balaban J connectivity index is 1.73. The molecule has 0 atom stereocenters. The molecule has 0 saturated heterocycles. The molecule has 2 aromatic heterocycles. The molecule has 0 aliphatic carbocycles. The summed E-state index contributed by atoms with van der Waals surface area (Å²) in [6.45, 7) is 2.69. The molecular formula is C16H19N5O2. The van der Waals surface area contributed by atoms with Gasteiger partial charge in [0, 0.05) is 12.6 Å². The van der Waals surface area contributed by atoms with E-state index in [2.05, 4.69) is 20.6 Å².